The summed E-state index contributed by atoms with van der Waals surface area (Å²) in [5.41, 5.74) is 2.61. The normalized spacial score (nSPS) is 12.0. The number of rotatable bonds is 8. The first-order valence-electron chi connectivity index (χ1n) is 8.94. The number of para-hydroxylation sites is 1. The minimum Gasteiger partial charge on any atom is -0.435 e. The molecule has 1 N–H and O–H groups in total. The molecule has 1 amide bonds. The number of hydrogen-bond donors (Lipinski definition) is 1. The van der Waals surface area contributed by atoms with Gasteiger partial charge in [0.05, 0.1) is 17.9 Å². The molecule has 0 saturated carbocycles. The average Bonchev–Trinajstić information content (AvgIpc) is 3.16. The minimum absolute atomic E-state index is 0.0712. The third-order valence-corrected chi connectivity index (χ3v) is 4.26. The maximum absolute atomic E-state index is 12.3. The lowest BCUT2D eigenvalue weighted by molar-refractivity contribution is -0.121. The summed E-state index contributed by atoms with van der Waals surface area (Å²) in [5.74, 6) is -0.0536. The van der Waals surface area contributed by atoms with Crippen LogP contribution in [0.1, 0.15) is 30.5 Å². The van der Waals surface area contributed by atoms with Crippen LogP contribution in [0.15, 0.2) is 67.0 Å². The molecule has 0 aliphatic heterocycles. The van der Waals surface area contributed by atoms with Crippen molar-refractivity contribution in [2.75, 3.05) is 0 Å². The molecule has 0 fully saturated rings. The number of nitrogens with zero attached hydrogens (tertiary/aromatic N) is 2. The van der Waals surface area contributed by atoms with E-state index in [9.17, 15) is 13.6 Å². The molecule has 28 heavy (non-hydrogen) atoms. The van der Waals surface area contributed by atoms with E-state index >= 15 is 0 Å². The second kappa shape index (κ2) is 9.12. The summed E-state index contributed by atoms with van der Waals surface area (Å²) >= 11 is 0. The number of ether oxygens (including phenoxy) is 1. The molecule has 0 aliphatic rings. The van der Waals surface area contributed by atoms with Gasteiger partial charge in [-0.05, 0) is 48.7 Å². The van der Waals surface area contributed by atoms with Gasteiger partial charge in [-0.2, -0.15) is 13.9 Å². The van der Waals surface area contributed by atoms with Gasteiger partial charge in [-0.1, -0.05) is 30.3 Å². The maximum atomic E-state index is 12.3. The molecule has 1 atom stereocenters. The summed E-state index contributed by atoms with van der Waals surface area (Å²) in [6.45, 7) is -1.08. The Morgan fingerprint density at radius 2 is 1.96 bits per heavy atom. The lowest BCUT2D eigenvalue weighted by atomic mass is 10.1. The molecule has 0 radical (unpaired) electrons. The zero-order valence-electron chi connectivity index (χ0n) is 15.4. The number of benzene rings is 2. The first-order chi connectivity index (χ1) is 13.5. The lowest BCUT2D eigenvalue weighted by Crippen LogP contribution is -2.26. The molecule has 0 aliphatic carbocycles. The first-order valence-corrected chi connectivity index (χ1v) is 8.94. The molecule has 1 aromatic heterocycles. The molecular weight excluding hydrogens is 364 g/mol. The molecule has 7 heteroatoms. The zero-order chi connectivity index (χ0) is 19.9. The summed E-state index contributed by atoms with van der Waals surface area (Å²) in [7, 11) is 0. The summed E-state index contributed by atoms with van der Waals surface area (Å²) in [4.78, 5) is 12.3. The smallest absolute Gasteiger partial charge is 0.387 e. The standard InChI is InChI=1S/C21H21F2N3O2/c1-15(17-6-5-9-19(12-17)28-21(22)23)25-20(27)11-10-16-13-24-26(14-16)18-7-3-2-4-8-18/h2-9,12-15,21H,10-11H2,1H3,(H,25,27). The van der Waals surface area contributed by atoms with Gasteiger partial charge in [0.1, 0.15) is 5.75 Å². The Balaban J connectivity index is 1.52. The quantitative estimate of drug-likeness (QED) is 0.630. The maximum Gasteiger partial charge on any atom is 0.387 e. The van der Waals surface area contributed by atoms with Gasteiger partial charge >= 0.3 is 6.61 Å². The van der Waals surface area contributed by atoms with Gasteiger partial charge in [0.25, 0.3) is 0 Å². The van der Waals surface area contributed by atoms with Crippen molar-refractivity contribution in [3.8, 4) is 11.4 Å². The van der Waals surface area contributed by atoms with Gasteiger partial charge in [0.15, 0.2) is 0 Å². The minimum atomic E-state index is -2.88. The fourth-order valence-electron chi connectivity index (χ4n) is 2.83. The SMILES string of the molecule is CC(NC(=O)CCc1cnn(-c2ccccc2)c1)c1cccc(OC(F)F)c1. The van der Waals surface area contributed by atoms with Crippen molar-refractivity contribution in [1.82, 2.24) is 15.1 Å². The highest BCUT2D eigenvalue weighted by Gasteiger charge is 2.12. The Morgan fingerprint density at radius 3 is 2.71 bits per heavy atom. The highest BCUT2D eigenvalue weighted by Crippen LogP contribution is 2.21. The van der Waals surface area contributed by atoms with Crippen molar-refractivity contribution in [2.45, 2.75) is 32.4 Å². The molecule has 1 unspecified atom stereocenters. The second-order valence-electron chi connectivity index (χ2n) is 6.37. The zero-order valence-corrected chi connectivity index (χ0v) is 15.4. The molecule has 3 aromatic rings. The molecule has 2 aromatic carbocycles. The van der Waals surface area contributed by atoms with E-state index in [0.29, 0.717) is 18.4 Å². The predicted octanol–water partition coefficient (Wildman–Crippen LogP) is 4.28. The molecule has 5 nitrogen and oxygen atoms in total. The summed E-state index contributed by atoms with van der Waals surface area (Å²) in [5, 5.41) is 7.19. The van der Waals surface area contributed by atoms with Crippen molar-refractivity contribution in [3.63, 3.8) is 0 Å². The largest absolute Gasteiger partial charge is 0.435 e. The van der Waals surface area contributed by atoms with Gasteiger partial charge < -0.3 is 10.1 Å². The van der Waals surface area contributed by atoms with Crippen LogP contribution in [0.25, 0.3) is 5.69 Å². The number of carbonyl (C=O) groups excluding carboxylic acids is 1. The van der Waals surface area contributed by atoms with E-state index in [4.69, 9.17) is 0 Å². The summed E-state index contributed by atoms with van der Waals surface area (Å²) < 4.78 is 30.8. The summed E-state index contributed by atoms with van der Waals surface area (Å²) in [6, 6.07) is 15.7. The number of aryl methyl sites for hydroxylation is 1. The molecule has 0 spiro atoms. The fraction of sp³-hybridized carbons (Fsp3) is 0.238. The van der Waals surface area contributed by atoms with Crippen LogP contribution >= 0.6 is 0 Å². The fourth-order valence-corrected chi connectivity index (χ4v) is 2.83. The number of amides is 1. The van der Waals surface area contributed by atoms with E-state index in [1.807, 2.05) is 36.5 Å². The van der Waals surface area contributed by atoms with Crippen molar-refractivity contribution in [1.29, 1.82) is 0 Å². The van der Waals surface area contributed by atoms with Crippen LogP contribution in [0.2, 0.25) is 0 Å². The molecule has 3 rings (SSSR count). The third-order valence-electron chi connectivity index (χ3n) is 4.26. The van der Waals surface area contributed by atoms with E-state index in [2.05, 4.69) is 15.2 Å². The van der Waals surface area contributed by atoms with Crippen LogP contribution in [0, 0.1) is 0 Å². The van der Waals surface area contributed by atoms with E-state index in [1.54, 1.807) is 29.9 Å². The first kappa shape index (κ1) is 19.5. The second-order valence-corrected chi connectivity index (χ2v) is 6.37. The van der Waals surface area contributed by atoms with Crippen molar-refractivity contribution in [2.24, 2.45) is 0 Å². The number of alkyl halides is 2. The van der Waals surface area contributed by atoms with Gasteiger partial charge in [0, 0.05) is 12.6 Å². The van der Waals surface area contributed by atoms with E-state index < -0.39 is 6.61 Å². The number of carbonyl (C=O) groups is 1. The van der Waals surface area contributed by atoms with Crippen molar-refractivity contribution in [3.05, 3.63) is 78.1 Å². The van der Waals surface area contributed by atoms with E-state index in [-0.39, 0.29) is 17.7 Å². The predicted molar refractivity (Wildman–Crippen MR) is 102 cm³/mol. The van der Waals surface area contributed by atoms with Crippen LogP contribution in [-0.2, 0) is 11.2 Å². The van der Waals surface area contributed by atoms with Crippen LogP contribution in [0.3, 0.4) is 0 Å². The summed E-state index contributed by atoms with van der Waals surface area (Å²) in [6.07, 6.45) is 4.50. The van der Waals surface area contributed by atoms with Gasteiger partial charge in [-0.3, -0.25) is 4.79 Å². The van der Waals surface area contributed by atoms with Crippen molar-refractivity contribution < 1.29 is 18.3 Å². The van der Waals surface area contributed by atoms with Gasteiger partial charge in [-0.25, -0.2) is 4.68 Å². The van der Waals surface area contributed by atoms with Crippen molar-refractivity contribution >= 4 is 5.91 Å². The molecule has 0 bridgehead atoms. The molecule has 1 heterocycles. The Morgan fingerprint density at radius 1 is 1.18 bits per heavy atom. The van der Waals surface area contributed by atoms with Gasteiger partial charge in [-0.15, -0.1) is 0 Å². The monoisotopic (exact) mass is 385 g/mol. The highest BCUT2D eigenvalue weighted by molar-refractivity contribution is 5.76. The molecule has 146 valence electrons. The molecular formula is C21H21F2N3O2. The van der Waals surface area contributed by atoms with E-state index in [1.165, 1.54) is 12.1 Å². The number of aromatic nitrogens is 2. The topological polar surface area (TPSA) is 56.2 Å². The average molecular weight is 385 g/mol. The van der Waals surface area contributed by atoms with E-state index in [0.717, 1.165) is 11.3 Å². The number of nitrogens with one attached hydrogen (secondary N) is 1. The number of hydrogen-bond acceptors (Lipinski definition) is 3. The Hall–Kier alpha value is -3.22. The van der Waals surface area contributed by atoms with Crippen LogP contribution < -0.4 is 10.1 Å². The van der Waals surface area contributed by atoms with Crippen LogP contribution in [0.4, 0.5) is 8.78 Å². The Labute approximate surface area is 161 Å². The van der Waals surface area contributed by atoms with Crippen LogP contribution in [-0.4, -0.2) is 22.3 Å². The number of halogens is 2. The third kappa shape index (κ3) is 5.39. The Kier molecular flexibility index (Phi) is 6.37. The van der Waals surface area contributed by atoms with Gasteiger partial charge in [0.2, 0.25) is 5.91 Å². The molecule has 0 saturated heterocycles. The lowest BCUT2D eigenvalue weighted by Gasteiger charge is -2.15. The highest BCUT2D eigenvalue weighted by atomic mass is 19.3. The van der Waals surface area contributed by atoms with Crippen LogP contribution in [0.5, 0.6) is 5.75 Å². The Bertz CT molecular complexity index is 913.